The molecule has 0 bridgehead atoms. The number of carbonyl (C=O) groups is 2. The van der Waals surface area contributed by atoms with Crippen molar-refractivity contribution in [3.63, 3.8) is 0 Å². The molecule has 0 aliphatic rings. The molecule has 0 aromatic heterocycles. The van der Waals surface area contributed by atoms with E-state index in [4.69, 9.17) is 25.8 Å². The molecule has 2 aromatic carbocycles. The van der Waals surface area contributed by atoms with Gasteiger partial charge in [0.05, 0.1) is 18.7 Å². The van der Waals surface area contributed by atoms with Gasteiger partial charge in [-0.3, -0.25) is 4.79 Å². The van der Waals surface area contributed by atoms with Crippen LogP contribution in [0, 0.1) is 11.3 Å². The molecule has 0 unspecified atom stereocenters. The first-order valence-corrected chi connectivity index (χ1v) is 8.99. The maximum atomic E-state index is 12.1. The zero-order valence-corrected chi connectivity index (χ0v) is 16.7. The van der Waals surface area contributed by atoms with Crippen LogP contribution in [0.15, 0.2) is 48.0 Å². The quantitative estimate of drug-likeness (QED) is 0.400. The van der Waals surface area contributed by atoms with Crippen molar-refractivity contribution in [2.24, 2.45) is 0 Å². The third kappa shape index (κ3) is 6.55. The van der Waals surface area contributed by atoms with Gasteiger partial charge in [0.25, 0.3) is 5.91 Å². The summed E-state index contributed by atoms with van der Waals surface area (Å²) in [5.74, 6) is -0.322. The zero-order valence-electron chi connectivity index (χ0n) is 15.9. The number of anilines is 1. The van der Waals surface area contributed by atoms with E-state index in [9.17, 15) is 14.9 Å². The summed E-state index contributed by atoms with van der Waals surface area (Å²) < 4.78 is 15.3. The number of ether oxygens (including phenoxy) is 3. The summed E-state index contributed by atoms with van der Waals surface area (Å²) in [6, 6.07) is 13.3. The first-order chi connectivity index (χ1) is 14.0. The molecule has 0 heterocycles. The highest BCUT2D eigenvalue weighted by Crippen LogP contribution is 2.27. The van der Waals surface area contributed by atoms with Crippen LogP contribution in [0.2, 0.25) is 5.02 Å². The topological polar surface area (TPSA) is 97.6 Å². The minimum Gasteiger partial charge on any atom is -0.495 e. The second kappa shape index (κ2) is 10.7. The molecule has 0 fully saturated rings. The number of hydrogen-bond acceptors (Lipinski definition) is 6. The van der Waals surface area contributed by atoms with E-state index < -0.39 is 18.5 Å². The number of methoxy groups -OCH3 is 1. The van der Waals surface area contributed by atoms with Gasteiger partial charge in [-0.2, -0.15) is 5.26 Å². The van der Waals surface area contributed by atoms with E-state index in [1.807, 2.05) is 6.92 Å². The van der Waals surface area contributed by atoms with Gasteiger partial charge in [0.1, 0.15) is 23.1 Å². The van der Waals surface area contributed by atoms with Gasteiger partial charge in [-0.1, -0.05) is 23.7 Å². The standard InChI is InChI=1S/C21H19ClN2O5/c1-3-28-17-7-4-14(5-8-17)10-15(12-23)21(26)29-13-20(25)24-16-6-9-19(27-2)18(22)11-16/h4-11H,3,13H2,1-2H3,(H,24,25)/b15-10+. The Bertz CT molecular complexity index is 949. The van der Waals surface area contributed by atoms with Crippen molar-refractivity contribution in [2.75, 3.05) is 25.6 Å². The van der Waals surface area contributed by atoms with Gasteiger partial charge >= 0.3 is 5.97 Å². The third-order valence-electron chi connectivity index (χ3n) is 3.61. The lowest BCUT2D eigenvalue weighted by Gasteiger charge is -2.08. The highest BCUT2D eigenvalue weighted by Gasteiger charge is 2.14. The van der Waals surface area contributed by atoms with E-state index in [2.05, 4.69) is 5.32 Å². The Kier molecular flexibility index (Phi) is 8.07. The molecule has 2 aromatic rings. The normalized spacial score (nSPS) is 10.6. The number of hydrogen-bond donors (Lipinski definition) is 1. The minimum absolute atomic E-state index is 0.227. The highest BCUT2D eigenvalue weighted by molar-refractivity contribution is 6.32. The average Bonchev–Trinajstić information content (AvgIpc) is 2.72. The Morgan fingerprint density at radius 1 is 1.21 bits per heavy atom. The van der Waals surface area contributed by atoms with E-state index >= 15 is 0 Å². The second-order valence-electron chi connectivity index (χ2n) is 5.65. The summed E-state index contributed by atoms with van der Waals surface area (Å²) >= 11 is 5.99. The molecule has 7 nitrogen and oxygen atoms in total. The lowest BCUT2D eigenvalue weighted by Crippen LogP contribution is -2.21. The fraction of sp³-hybridized carbons (Fsp3) is 0.190. The van der Waals surface area contributed by atoms with Gasteiger partial charge < -0.3 is 19.5 Å². The van der Waals surface area contributed by atoms with Crippen molar-refractivity contribution in [2.45, 2.75) is 6.92 Å². The van der Waals surface area contributed by atoms with Crippen LogP contribution in [0.25, 0.3) is 6.08 Å². The monoisotopic (exact) mass is 414 g/mol. The van der Waals surface area contributed by atoms with Gasteiger partial charge in [-0.05, 0) is 48.9 Å². The Labute approximate surface area is 173 Å². The van der Waals surface area contributed by atoms with Crippen molar-refractivity contribution >= 4 is 35.2 Å². The summed E-state index contributed by atoms with van der Waals surface area (Å²) in [5.41, 5.74) is 0.816. The van der Waals surface area contributed by atoms with Crippen molar-refractivity contribution in [1.29, 1.82) is 5.26 Å². The summed E-state index contributed by atoms with van der Waals surface area (Å²) in [6.45, 7) is 1.86. The molecule has 1 amide bonds. The van der Waals surface area contributed by atoms with Crippen molar-refractivity contribution in [3.05, 3.63) is 58.6 Å². The molecule has 0 radical (unpaired) electrons. The largest absolute Gasteiger partial charge is 0.495 e. The fourth-order valence-electron chi connectivity index (χ4n) is 2.28. The van der Waals surface area contributed by atoms with Crippen LogP contribution in [-0.2, 0) is 14.3 Å². The smallest absolute Gasteiger partial charge is 0.349 e. The van der Waals surface area contributed by atoms with Crippen LogP contribution in [0.5, 0.6) is 11.5 Å². The SMILES string of the molecule is CCOc1ccc(/C=C(\C#N)C(=O)OCC(=O)Nc2ccc(OC)c(Cl)c2)cc1. The number of carbonyl (C=O) groups excluding carboxylic acids is 2. The maximum Gasteiger partial charge on any atom is 0.349 e. The lowest BCUT2D eigenvalue weighted by molar-refractivity contribution is -0.142. The van der Waals surface area contributed by atoms with Gasteiger partial charge in [-0.25, -0.2) is 4.79 Å². The predicted molar refractivity (Wildman–Crippen MR) is 109 cm³/mol. The van der Waals surface area contributed by atoms with Crippen LogP contribution in [0.1, 0.15) is 12.5 Å². The number of halogens is 1. The molecular weight excluding hydrogens is 396 g/mol. The first-order valence-electron chi connectivity index (χ1n) is 8.62. The third-order valence-corrected chi connectivity index (χ3v) is 3.91. The molecule has 0 spiro atoms. The van der Waals surface area contributed by atoms with Crippen LogP contribution >= 0.6 is 11.6 Å². The summed E-state index contributed by atoms with van der Waals surface area (Å²) in [4.78, 5) is 24.1. The van der Waals surface area contributed by atoms with Crippen molar-refractivity contribution in [1.82, 2.24) is 0 Å². The Balaban J connectivity index is 1.94. The van der Waals surface area contributed by atoms with Crippen LogP contribution in [0.3, 0.4) is 0 Å². The molecule has 0 aliphatic carbocycles. The number of nitriles is 1. The molecule has 8 heteroatoms. The summed E-state index contributed by atoms with van der Waals surface area (Å²) in [5, 5.41) is 12.1. The Hall–Kier alpha value is -3.50. The average molecular weight is 415 g/mol. The molecular formula is C21H19ClN2O5. The number of benzene rings is 2. The number of rotatable bonds is 8. The minimum atomic E-state index is -0.899. The molecule has 0 saturated heterocycles. The van der Waals surface area contributed by atoms with E-state index in [0.717, 1.165) is 0 Å². The number of esters is 1. The van der Waals surface area contributed by atoms with Gasteiger partial charge in [-0.15, -0.1) is 0 Å². The number of nitrogens with one attached hydrogen (secondary N) is 1. The predicted octanol–water partition coefficient (Wildman–Crippen LogP) is 3.84. The molecule has 0 saturated carbocycles. The van der Waals surface area contributed by atoms with Gasteiger partial charge in [0.15, 0.2) is 6.61 Å². The summed E-state index contributed by atoms with van der Waals surface area (Å²) in [6.07, 6.45) is 1.37. The van der Waals surface area contributed by atoms with Crippen LogP contribution in [-0.4, -0.2) is 32.2 Å². The highest BCUT2D eigenvalue weighted by atomic mass is 35.5. The van der Waals surface area contributed by atoms with Crippen LogP contribution in [0.4, 0.5) is 5.69 Å². The Morgan fingerprint density at radius 2 is 1.93 bits per heavy atom. The second-order valence-corrected chi connectivity index (χ2v) is 6.05. The molecule has 0 aliphatic heterocycles. The van der Waals surface area contributed by atoms with Crippen LogP contribution < -0.4 is 14.8 Å². The van der Waals surface area contributed by atoms with Crippen molar-refractivity contribution in [3.8, 4) is 17.6 Å². The maximum absolute atomic E-state index is 12.1. The first kappa shape index (κ1) is 21.8. The van der Waals surface area contributed by atoms with Gasteiger partial charge in [0.2, 0.25) is 0 Å². The molecule has 0 atom stereocenters. The Morgan fingerprint density at radius 3 is 2.52 bits per heavy atom. The molecule has 1 N–H and O–H groups in total. The van der Waals surface area contributed by atoms with E-state index in [1.165, 1.54) is 19.3 Å². The molecule has 2 rings (SSSR count). The zero-order chi connectivity index (χ0) is 21.2. The number of amides is 1. The number of nitrogens with zero attached hydrogens (tertiary/aromatic N) is 1. The summed E-state index contributed by atoms with van der Waals surface area (Å²) in [7, 11) is 1.48. The van der Waals surface area contributed by atoms with Crippen molar-refractivity contribution < 1.29 is 23.8 Å². The van der Waals surface area contributed by atoms with Gasteiger partial charge in [0, 0.05) is 5.69 Å². The lowest BCUT2D eigenvalue weighted by atomic mass is 10.1. The molecule has 29 heavy (non-hydrogen) atoms. The molecule has 150 valence electrons. The van der Waals surface area contributed by atoms with E-state index in [1.54, 1.807) is 42.5 Å². The van der Waals surface area contributed by atoms with E-state index in [-0.39, 0.29) is 5.57 Å². The fourth-order valence-corrected chi connectivity index (χ4v) is 2.54. The van der Waals surface area contributed by atoms with E-state index in [0.29, 0.717) is 34.4 Å².